The summed E-state index contributed by atoms with van der Waals surface area (Å²) in [5.41, 5.74) is -1.43. The van der Waals surface area contributed by atoms with Crippen LogP contribution in [-0.4, -0.2) is 50.7 Å². The van der Waals surface area contributed by atoms with E-state index in [0.717, 1.165) is 9.13 Å². The molecule has 0 amide bonds. The number of nitrogens with zero attached hydrogens (tertiary/aromatic N) is 2. The minimum atomic E-state index is -0.911. The molecule has 4 atom stereocenters. The molecule has 1 N–H and O–H groups in total. The molecule has 24 heavy (non-hydrogen) atoms. The molecule has 2 fully saturated rings. The van der Waals surface area contributed by atoms with Crippen LogP contribution >= 0.6 is 0 Å². The highest BCUT2D eigenvalue weighted by atomic mass is 16.8. The zero-order valence-corrected chi connectivity index (χ0v) is 13.9. The molecule has 3 heterocycles. The molecule has 0 saturated carbocycles. The van der Waals surface area contributed by atoms with Crippen LogP contribution in [0.15, 0.2) is 15.8 Å². The summed E-state index contributed by atoms with van der Waals surface area (Å²) in [4.78, 5) is 36.2. The Morgan fingerprint density at radius 2 is 1.92 bits per heavy atom. The van der Waals surface area contributed by atoms with Crippen molar-refractivity contribution in [1.29, 1.82) is 0 Å². The van der Waals surface area contributed by atoms with Crippen LogP contribution in [0.1, 0.15) is 37.4 Å². The monoisotopic (exact) mass is 340 g/mol. The second-order valence-electron chi connectivity index (χ2n) is 6.47. The van der Waals surface area contributed by atoms with Crippen LogP contribution in [0.5, 0.6) is 0 Å². The molecular weight excluding hydrogens is 320 g/mol. The fourth-order valence-corrected chi connectivity index (χ4v) is 3.14. The van der Waals surface area contributed by atoms with Crippen LogP contribution in [0.2, 0.25) is 0 Å². The Hall–Kier alpha value is -1.81. The highest BCUT2D eigenvalue weighted by molar-refractivity contribution is 5.93. The number of ether oxygens (including phenoxy) is 3. The molecule has 0 unspecified atom stereocenters. The fourth-order valence-electron chi connectivity index (χ4n) is 3.14. The van der Waals surface area contributed by atoms with E-state index in [1.165, 1.54) is 20.2 Å². The van der Waals surface area contributed by atoms with Gasteiger partial charge in [-0.25, -0.2) is 4.79 Å². The number of carbonyl (C=O) groups is 1. The quantitative estimate of drug-likeness (QED) is 0.715. The van der Waals surface area contributed by atoms with E-state index in [1.807, 2.05) is 0 Å². The molecule has 2 aliphatic rings. The van der Waals surface area contributed by atoms with Gasteiger partial charge in [-0.2, -0.15) is 0 Å². The number of hydrogen-bond donors (Lipinski definition) is 1. The molecule has 0 aliphatic carbocycles. The van der Waals surface area contributed by atoms with Crippen molar-refractivity contribution in [3.05, 3.63) is 32.6 Å². The maximum Gasteiger partial charge on any atom is 0.332 e. The summed E-state index contributed by atoms with van der Waals surface area (Å²) in [5, 5.41) is 9.50. The normalized spacial score (nSPS) is 31.2. The van der Waals surface area contributed by atoms with Crippen molar-refractivity contribution in [2.75, 3.05) is 6.61 Å². The van der Waals surface area contributed by atoms with Gasteiger partial charge in [0.25, 0.3) is 5.56 Å². The Kier molecular flexibility index (Phi) is 3.99. The van der Waals surface area contributed by atoms with Crippen molar-refractivity contribution in [3.8, 4) is 0 Å². The minimum absolute atomic E-state index is 0.122. The molecule has 0 bridgehead atoms. The summed E-state index contributed by atoms with van der Waals surface area (Å²) in [7, 11) is 1.29. The molecular formula is C15H20N2O7. The molecule has 1 aromatic rings. The van der Waals surface area contributed by atoms with Crippen molar-refractivity contribution in [2.45, 2.75) is 51.1 Å². The lowest BCUT2D eigenvalue weighted by atomic mass is 10.1. The Balaban J connectivity index is 2.11. The Morgan fingerprint density at radius 3 is 2.50 bits per heavy atom. The van der Waals surface area contributed by atoms with E-state index in [0.29, 0.717) is 0 Å². The number of aliphatic hydroxyl groups excluding tert-OH is 1. The summed E-state index contributed by atoms with van der Waals surface area (Å²) in [6.45, 7) is 4.39. The second kappa shape index (κ2) is 5.62. The zero-order chi connectivity index (χ0) is 17.8. The van der Waals surface area contributed by atoms with Crippen LogP contribution < -0.4 is 11.2 Å². The lowest BCUT2D eigenvalue weighted by Crippen LogP contribution is -2.44. The summed E-state index contributed by atoms with van der Waals surface area (Å²) < 4.78 is 19.3. The molecule has 0 radical (unpaired) electrons. The molecule has 9 nitrogen and oxygen atoms in total. The van der Waals surface area contributed by atoms with Gasteiger partial charge in [-0.05, 0) is 20.8 Å². The van der Waals surface area contributed by atoms with Gasteiger partial charge >= 0.3 is 5.69 Å². The molecule has 3 rings (SSSR count). The van der Waals surface area contributed by atoms with Crippen LogP contribution in [0.25, 0.3) is 0 Å². The van der Waals surface area contributed by atoms with Crippen molar-refractivity contribution in [3.63, 3.8) is 0 Å². The van der Waals surface area contributed by atoms with Crippen LogP contribution in [0.4, 0.5) is 0 Å². The number of fused-ring (bicyclic) bond motifs is 1. The van der Waals surface area contributed by atoms with E-state index >= 15 is 0 Å². The summed E-state index contributed by atoms with van der Waals surface area (Å²) in [6, 6.07) is 0. The smallest absolute Gasteiger partial charge is 0.332 e. The van der Waals surface area contributed by atoms with Crippen molar-refractivity contribution in [1.82, 2.24) is 9.13 Å². The fraction of sp³-hybridized carbons (Fsp3) is 0.667. The molecule has 2 aliphatic heterocycles. The van der Waals surface area contributed by atoms with Gasteiger partial charge in [0.2, 0.25) is 0 Å². The summed E-state index contributed by atoms with van der Waals surface area (Å²) >= 11 is 0. The number of Topliss-reactive ketones (excluding diaryl/α,β-unsaturated/α-hetero) is 1. The zero-order valence-electron chi connectivity index (χ0n) is 13.9. The van der Waals surface area contributed by atoms with E-state index in [-0.39, 0.29) is 12.2 Å². The van der Waals surface area contributed by atoms with E-state index < -0.39 is 47.4 Å². The maximum absolute atomic E-state index is 12.5. The highest BCUT2D eigenvalue weighted by Crippen LogP contribution is 2.42. The van der Waals surface area contributed by atoms with Crippen LogP contribution in [0.3, 0.4) is 0 Å². The number of rotatable bonds is 3. The Morgan fingerprint density at radius 1 is 1.29 bits per heavy atom. The minimum Gasteiger partial charge on any atom is -0.394 e. The Bertz CT molecular complexity index is 794. The van der Waals surface area contributed by atoms with E-state index in [9.17, 15) is 19.5 Å². The first-order valence-electron chi connectivity index (χ1n) is 7.61. The lowest BCUT2D eigenvalue weighted by molar-refractivity contribution is -0.200. The summed E-state index contributed by atoms with van der Waals surface area (Å²) in [6.07, 6.45) is -1.60. The number of aliphatic hydroxyl groups is 1. The van der Waals surface area contributed by atoms with Crippen molar-refractivity contribution >= 4 is 5.78 Å². The SMILES string of the molecule is CC(=O)c1cn([C@@H]2O[C@@H](CO)[C@H]3OC(C)(C)O[C@H]32)c(=O)n(C)c1=O. The van der Waals surface area contributed by atoms with Gasteiger partial charge in [0.05, 0.1) is 12.2 Å². The topological polar surface area (TPSA) is 109 Å². The molecule has 0 aromatic carbocycles. The van der Waals surface area contributed by atoms with Gasteiger partial charge in [0.1, 0.15) is 18.3 Å². The standard InChI is InChI=1S/C15H20N2O7/c1-7(19)8-5-17(14(21)16(4)12(8)20)13-11-10(9(6-18)22-13)23-15(2,3)24-11/h5,9-11,13,18H,6H2,1-4H3/t9-,10+,11+,13+/m0/s1. The van der Waals surface area contributed by atoms with Crippen LogP contribution in [-0.2, 0) is 21.3 Å². The summed E-state index contributed by atoms with van der Waals surface area (Å²) in [5.74, 6) is -1.35. The largest absolute Gasteiger partial charge is 0.394 e. The van der Waals surface area contributed by atoms with Gasteiger partial charge in [0, 0.05) is 13.2 Å². The van der Waals surface area contributed by atoms with E-state index in [4.69, 9.17) is 14.2 Å². The second-order valence-corrected chi connectivity index (χ2v) is 6.47. The van der Waals surface area contributed by atoms with Crippen molar-refractivity contribution < 1.29 is 24.1 Å². The van der Waals surface area contributed by atoms with Crippen LogP contribution in [0, 0.1) is 0 Å². The number of carbonyl (C=O) groups excluding carboxylic acids is 1. The predicted octanol–water partition coefficient (Wildman–Crippen LogP) is -0.841. The molecule has 9 heteroatoms. The number of hydrogen-bond acceptors (Lipinski definition) is 7. The van der Waals surface area contributed by atoms with E-state index in [2.05, 4.69) is 0 Å². The first-order valence-corrected chi connectivity index (χ1v) is 7.61. The lowest BCUT2D eigenvalue weighted by Gasteiger charge is -2.24. The maximum atomic E-state index is 12.5. The molecule has 1 aromatic heterocycles. The third-order valence-electron chi connectivity index (χ3n) is 4.27. The van der Waals surface area contributed by atoms with Gasteiger partial charge in [-0.15, -0.1) is 0 Å². The first kappa shape index (κ1) is 17.0. The Labute approximate surface area is 137 Å². The average molecular weight is 340 g/mol. The third kappa shape index (κ3) is 2.53. The highest BCUT2D eigenvalue weighted by Gasteiger charge is 2.56. The van der Waals surface area contributed by atoms with Gasteiger partial charge in [-0.3, -0.25) is 18.7 Å². The average Bonchev–Trinajstić information content (AvgIpc) is 2.98. The number of aromatic nitrogens is 2. The molecule has 0 spiro atoms. The number of ketones is 1. The van der Waals surface area contributed by atoms with Gasteiger partial charge < -0.3 is 19.3 Å². The third-order valence-corrected chi connectivity index (χ3v) is 4.27. The van der Waals surface area contributed by atoms with E-state index in [1.54, 1.807) is 13.8 Å². The van der Waals surface area contributed by atoms with Gasteiger partial charge in [-0.1, -0.05) is 0 Å². The molecule has 2 saturated heterocycles. The van der Waals surface area contributed by atoms with Gasteiger partial charge in [0.15, 0.2) is 17.8 Å². The predicted molar refractivity (Wildman–Crippen MR) is 80.8 cm³/mol. The molecule has 132 valence electrons. The first-order chi connectivity index (χ1) is 11.2. The van der Waals surface area contributed by atoms with Crippen molar-refractivity contribution in [2.24, 2.45) is 7.05 Å².